The zero-order chi connectivity index (χ0) is 25.7. The van der Waals surface area contributed by atoms with E-state index in [1.54, 1.807) is 53.3 Å². The van der Waals surface area contributed by atoms with E-state index in [9.17, 15) is 22.8 Å². The number of benzene rings is 3. The second-order valence-electron chi connectivity index (χ2n) is 7.66. The van der Waals surface area contributed by atoms with Gasteiger partial charge in [-0.2, -0.15) is 5.10 Å². The third-order valence-corrected chi connectivity index (χ3v) is 5.19. The van der Waals surface area contributed by atoms with Gasteiger partial charge in [-0.1, -0.05) is 24.3 Å². The van der Waals surface area contributed by atoms with Crippen molar-refractivity contribution in [1.29, 1.82) is 0 Å². The lowest BCUT2D eigenvalue weighted by Crippen LogP contribution is -2.27. The van der Waals surface area contributed by atoms with Crippen LogP contribution in [0.25, 0.3) is 16.6 Å². The number of nitrogens with zero attached hydrogens (tertiary/aromatic N) is 2. The van der Waals surface area contributed by atoms with E-state index in [0.29, 0.717) is 33.4 Å². The second-order valence-corrected chi connectivity index (χ2v) is 7.66. The van der Waals surface area contributed by atoms with Crippen molar-refractivity contribution in [3.05, 3.63) is 84.1 Å². The number of methoxy groups -OCH3 is 1. The fraction of sp³-hybridized carbons (Fsp3) is 0.160. The van der Waals surface area contributed by atoms with Gasteiger partial charge in [-0.15, -0.1) is 13.2 Å². The summed E-state index contributed by atoms with van der Waals surface area (Å²) in [5.74, 6) is -1.02. The van der Waals surface area contributed by atoms with Crippen molar-refractivity contribution < 1.29 is 32.2 Å². The Morgan fingerprint density at radius 1 is 1.00 bits per heavy atom. The van der Waals surface area contributed by atoms with Crippen LogP contribution >= 0.6 is 0 Å². The maximum absolute atomic E-state index is 13.1. The molecule has 3 aromatic carbocycles. The van der Waals surface area contributed by atoms with Gasteiger partial charge in [0.05, 0.1) is 23.1 Å². The number of rotatable bonds is 8. The normalized spacial score (nSPS) is 11.3. The summed E-state index contributed by atoms with van der Waals surface area (Å²) in [6.07, 6.45) is -3.22. The van der Waals surface area contributed by atoms with Gasteiger partial charge in [-0.05, 0) is 48.0 Å². The summed E-state index contributed by atoms with van der Waals surface area (Å²) in [6.45, 7) is 0.0698. The predicted molar refractivity (Wildman–Crippen MR) is 126 cm³/mol. The molecule has 0 saturated heterocycles. The first-order valence-electron chi connectivity index (χ1n) is 10.7. The fourth-order valence-corrected chi connectivity index (χ4v) is 3.62. The third-order valence-electron chi connectivity index (χ3n) is 5.19. The molecular weight excluding hydrogens is 477 g/mol. The van der Waals surface area contributed by atoms with E-state index in [2.05, 4.69) is 20.5 Å². The Labute approximate surface area is 203 Å². The van der Waals surface area contributed by atoms with Crippen molar-refractivity contribution in [1.82, 2.24) is 15.1 Å². The number of halogens is 3. The zero-order valence-corrected chi connectivity index (χ0v) is 19.0. The van der Waals surface area contributed by atoms with Gasteiger partial charge in [0.2, 0.25) is 5.91 Å². The molecule has 0 spiro atoms. The summed E-state index contributed by atoms with van der Waals surface area (Å²) in [6, 6.07) is 17.4. The van der Waals surface area contributed by atoms with Crippen LogP contribution in [-0.4, -0.2) is 41.7 Å². The van der Waals surface area contributed by atoms with Crippen molar-refractivity contribution in [2.45, 2.75) is 12.9 Å². The second kappa shape index (κ2) is 10.5. The van der Waals surface area contributed by atoms with Crippen LogP contribution < -0.4 is 15.4 Å². The molecule has 0 atom stereocenters. The van der Waals surface area contributed by atoms with Gasteiger partial charge in [-0.3, -0.25) is 9.59 Å². The van der Waals surface area contributed by atoms with Crippen LogP contribution in [0, 0.1) is 0 Å². The van der Waals surface area contributed by atoms with E-state index in [1.807, 2.05) is 0 Å². The van der Waals surface area contributed by atoms with Crippen LogP contribution in [0.4, 0.5) is 18.9 Å². The molecule has 4 aromatic rings. The van der Waals surface area contributed by atoms with E-state index in [0.717, 1.165) is 0 Å². The Morgan fingerprint density at radius 2 is 1.75 bits per heavy atom. The molecule has 0 bridgehead atoms. The van der Waals surface area contributed by atoms with Crippen molar-refractivity contribution >= 4 is 28.4 Å². The van der Waals surface area contributed by atoms with Crippen molar-refractivity contribution in [2.75, 3.05) is 19.0 Å². The average molecular weight is 498 g/mol. The number of aromatic nitrogens is 2. The molecule has 0 fully saturated rings. The van der Waals surface area contributed by atoms with Gasteiger partial charge in [-0.25, -0.2) is 4.68 Å². The number of alkyl halides is 3. The fourth-order valence-electron chi connectivity index (χ4n) is 3.62. The highest BCUT2D eigenvalue weighted by Gasteiger charge is 2.31. The number of fused-ring (bicyclic) bond motifs is 1. The van der Waals surface area contributed by atoms with E-state index >= 15 is 0 Å². The Bertz CT molecular complexity index is 1380. The smallest absolute Gasteiger partial charge is 0.406 e. The molecule has 0 aliphatic heterocycles. The predicted octanol–water partition coefficient (Wildman–Crippen LogP) is 4.44. The van der Waals surface area contributed by atoms with Crippen LogP contribution in [0.2, 0.25) is 0 Å². The van der Waals surface area contributed by atoms with Gasteiger partial charge in [0.15, 0.2) is 0 Å². The molecule has 1 heterocycles. The van der Waals surface area contributed by atoms with Crippen LogP contribution in [0.5, 0.6) is 5.75 Å². The maximum atomic E-state index is 13.1. The number of carbonyl (C=O) groups excluding carboxylic acids is 2. The number of hydrogen-bond acceptors (Lipinski definition) is 5. The molecular formula is C25H21F3N4O4. The topological polar surface area (TPSA) is 94.5 Å². The largest absolute Gasteiger partial charge is 0.573 e. The summed E-state index contributed by atoms with van der Waals surface area (Å²) in [4.78, 5) is 24.8. The Hall–Kier alpha value is -4.38. The Balaban J connectivity index is 1.55. The molecule has 4 rings (SSSR count). The molecule has 0 aliphatic rings. The van der Waals surface area contributed by atoms with Gasteiger partial charge >= 0.3 is 6.36 Å². The van der Waals surface area contributed by atoms with Crippen LogP contribution in [0.3, 0.4) is 0 Å². The first-order chi connectivity index (χ1) is 17.2. The van der Waals surface area contributed by atoms with Crippen LogP contribution in [-0.2, 0) is 16.1 Å². The van der Waals surface area contributed by atoms with Crippen LogP contribution in [0.15, 0.2) is 72.9 Å². The minimum atomic E-state index is -4.78. The van der Waals surface area contributed by atoms with Gasteiger partial charge < -0.3 is 20.1 Å². The lowest BCUT2D eigenvalue weighted by atomic mass is 10.1. The summed E-state index contributed by atoms with van der Waals surface area (Å²) in [5, 5.41) is 10.5. The van der Waals surface area contributed by atoms with Crippen molar-refractivity contribution in [3.8, 4) is 11.4 Å². The minimum absolute atomic E-state index is 0.0849. The van der Waals surface area contributed by atoms with E-state index in [-0.39, 0.29) is 30.7 Å². The maximum Gasteiger partial charge on any atom is 0.573 e. The summed E-state index contributed by atoms with van der Waals surface area (Å²) < 4.78 is 47.5. The molecule has 0 aliphatic carbocycles. The Morgan fingerprint density at radius 3 is 2.47 bits per heavy atom. The quantitative estimate of drug-likeness (QED) is 0.375. The van der Waals surface area contributed by atoms with Gasteiger partial charge in [0, 0.05) is 24.6 Å². The first kappa shape index (κ1) is 24.7. The van der Waals surface area contributed by atoms with E-state index < -0.39 is 6.36 Å². The highest BCUT2D eigenvalue weighted by atomic mass is 19.4. The molecule has 2 amide bonds. The summed E-state index contributed by atoms with van der Waals surface area (Å²) in [7, 11) is 1.42. The lowest BCUT2D eigenvalue weighted by molar-refractivity contribution is -0.274. The van der Waals surface area contributed by atoms with E-state index in [1.165, 1.54) is 31.4 Å². The standard InChI is InChI=1S/C25H21F3N4O4/c1-35-15-23(33)29-13-16-5-2-3-6-19(16)24(34)31-21-7-4-8-22-20(21)14-30-32(22)17-9-11-18(12-10-17)36-25(26,27)28/h2-12,14H,13,15H2,1H3,(H,29,33)(H,31,34). The van der Waals surface area contributed by atoms with Gasteiger partial charge in [0.1, 0.15) is 12.4 Å². The number of anilines is 1. The molecule has 186 valence electrons. The van der Waals surface area contributed by atoms with Crippen molar-refractivity contribution in [2.24, 2.45) is 0 Å². The van der Waals surface area contributed by atoms with Crippen LogP contribution in [0.1, 0.15) is 15.9 Å². The zero-order valence-electron chi connectivity index (χ0n) is 19.0. The monoisotopic (exact) mass is 498 g/mol. The average Bonchev–Trinajstić information content (AvgIpc) is 3.28. The SMILES string of the molecule is COCC(=O)NCc1ccccc1C(=O)Nc1cccc2c1cnn2-c1ccc(OC(F)(F)F)cc1. The highest BCUT2D eigenvalue weighted by Crippen LogP contribution is 2.28. The number of amides is 2. The molecule has 8 nitrogen and oxygen atoms in total. The molecule has 36 heavy (non-hydrogen) atoms. The molecule has 1 aromatic heterocycles. The van der Waals surface area contributed by atoms with Gasteiger partial charge in [0.25, 0.3) is 5.91 Å². The molecule has 2 N–H and O–H groups in total. The third kappa shape index (κ3) is 5.81. The number of hydrogen-bond donors (Lipinski definition) is 2. The van der Waals surface area contributed by atoms with E-state index in [4.69, 9.17) is 4.74 Å². The lowest BCUT2D eigenvalue weighted by Gasteiger charge is -2.12. The first-order valence-corrected chi connectivity index (χ1v) is 10.7. The number of ether oxygens (including phenoxy) is 2. The summed E-state index contributed by atoms with van der Waals surface area (Å²) in [5.41, 5.74) is 2.67. The number of carbonyl (C=O) groups is 2. The van der Waals surface area contributed by atoms with Crippen molar-refractivity contribution in [3.63, 3.8) is 0 Å². The molecule has 0 saturated carbocycles. The summed E-state index contributed by atoms with van der Waals surface area (Å²) >= 11 is 0. The minimum Gasteiger partial charge on any atom is -0.406 e. The number of nitrogens with one attached hydrogen (secondary N) is 2. The molecule has 0 unspecified atom stereocenters. The molecule has 0 radical (unpaired) electrons. The highest BCUT2D eigenvalue weighted by molar-refractivity contribution is 6.09. The Kier molecular flexibility index (Phi) is 7.20. The molecule has 11 heteroatoms.